The van der Waals surface area contributed by atoms with Crippen LogP contribution in [-0.4, -0.2) is 34.8 Å². The molecular weight excluding hydrogens is 253 g/mol. The van der Waals surface area contributed by atoms with Gasteiger partial charge in [0.15, 0.2) is 5.75 Å². The number of halogens is 1. The van der Waals surface area contributed by atoms with Crippen LogP contribution in [0.3, 0.4) is 0 Å². The first-order valence-electron chi connectivity index (χ1n) is 6.26. The summed E-state index contributed by atoms with van der Waals surface area (Å²) in [6.45, 7) is 0.701. The third-order valence-electron chi connectivity index (χ3n) is 3.53. The van der Waals surface area contributed by atoms with Crippen LogP contribution in [0.4, 0.5) is 4.39 Å². The van der Waals surface area contributed by atoms with Gasteiger partial charge in [-0.1, -0.05) is 0 Å². The summed E-state index contributed by atoms with van der Waals surface area (Å²) >= 11 is 1.92. The number of thioether (sulfide) groups is 1. The molecule has 3 heterocycles. The molecule has 2 aliphatic heterocycles. The van der Waals surface area contributed by atoms with Gasteiger partial charge in [-0.3, -0.25) is 0 Å². The van der Waals surface area contributed by atoms with Gasteiger partial charge in [0.05, 0.1) is 12.2 Å². The Hall–Kier alpha value is -0.810. The molecular formula is C13H16FNO2S. The molecule has 0 aromatic carbocycles. The quantitative estimate of drug-likeness (QED) is 0.772. The Kier molecular flexibility index (Phi) is 3.43. The van der Waals surface area contributed by atoms with Crippen molar-refractivity contribution in [2.24, 2.45) is 0 Å². The van der Waals surface area contributed by atoms with E-state index in [-0.39, 0.29) is 17.5 Å². The van der Waals surface area contributed by atoms with Crippen molar-refractivity contribution in [2.45, 2.75) is 31.0 Å². The van der Waals surface area contributed by atoms with Gasteiger partial charge >= 0.3 is 0 Å². The summed E-state index contributed by atoms with van der Waals surface area (Å²) in [5.41, 5.74) is -0.0354. The number of aromatic nitrogens is 1. The number of hydrogen-bond donors (Lipinski definition) is 0. The summed E-state index contributed by atoms with van der Waals surface area (Å²) in [5.74, 6) is 1.90. The molecule has 2 atom stereocenters. The largest absolute Gasteiger partial charge is 0.485 e. The maximum atomic E-state index is 13.4. The molecule has 3 nitrogen and oxygen atoms in total. The summed E-state index contributed by atoms with van der Waals surface area (Å²) in [6.07, 6.45) is 4.22. The van der Waals surface area contributed by atoms with Crippen LogP contribution < -0.4 is 4.74 Å². The Labute approximate surface area is 110 Å². The fraction of sp³-hybridized carbons (Fsp3) is 0.615. The van der Waals surface area contributed by atoms with Crippen LogP contribution in [0, 0.1) is 5.95 Å². The molecule has 3 rings (SSSR count). The van der Waals surface area contributed by atoms with Crippen molar-refractivity contribution >= 4 is 11.8 Å². The SMILES string of the molecule is Fc1ncccc1OC1CCOC2(CCSC2)C1. The van der Waals surface area contributed by atoms with Gasteiger partial charge in [0, 0.05) is 24.8 Å². The van der Waals surface area contributed by atoms with Crippen molar-refractivity contribution in [3.63, 3.8) is 0 Å². The van der Waals surface area contributed by atoms with Crippen molar-refractivity contribution in [1.29, 1.82) is 0 Å². The summed E-state index contributed by atoms with van der Waals surface area (Å²) in [6, 6.07) is 3.33. The van der Waals surface area contributed by atoms with Crippen molar-refractivity contribution in [2.75, 3.05) is 18.1 Å². The molecule has 0 saturated carbocycles. The first kappa shape index (κ1) is 12.2. The molecule has 0 radical (unpaired) electrons. The minimum absolute atomic E-state index is 0.0354. The monoisotopic (exact) mass is 269 g/mol. The second-order valence-corrected chi connectivity index (χ2v) is 5.96. The minimum Gasteiger partial charge on any atom is -0.485 e. The molecule has 0 bridgehead atoms. The Morgan fingerprint density at radius 1 is 1.56 bits per heavy atom. The summed E-state index contributed by atoms with van der Waals surface area (Å²) < 4.78 is 25.1. The minimum atomic E-state index is -0.529. The zero-order chi connectivity index (χ0) is 12.4. The highest BCUT2D eigenvalue weighted by Crippen LogP contribution is 2.39. The van der Waals surface area contributed by atoms with E-state index in [9.17, 15) is 4.39 Å². The molecule has 2 aliphatic rings. The Bertz CT molecular complexity index is 423. The Morgan fingerprint density at radius 3 is 3.28 bits per heavy atom. The highest BCUT2D eigenvalue weighted by Gasteiger charge is 2.41. The second kappa shape index (κ2) is 5.05. The first-order valence-corrected chi connectivity index (χ1v) is 7.42. The molecule has 0 amide bonds. The number of pyridine rings is 1. The van der Waals surface area contributed by atoms with Crippen LogP contribution in [0.5, 0.6) is 5.75 Å². The van der Waals surface area contributed by atoms with E-state index < -0.39 is 5.95 Å². The zero-order valence-electron chi connectivity index (χ0n) is 10.1. The predicted molar refractivity (Wildman–Crippen MR) is 68.5 cm³/mol. The maximum absolute atomic E-state index is 13.4. The number of nitrogens with zero attached hydrogens (tertiary/aromatic N) is 1. The lowest BCUT2D eigenvalue weighted by molar-refractivity contribution is -0.0965. The molecule has 1 aromatic rings. The fourth-order valence-electron chi connectivity index (χ4n) is 2.59. The summed E-state index contributed by atoms with van der Waals surface area (Å²) in [5, 5.41) is 0. The van der Waals surface area contributed by atoms with Crippen molar-refractivity contribution in [1.82, 2.24) is 4.98 Å². The van der Waals surface area contributed by atoms with Gasteiger partial charge in [-0.05, 0) is 24.3 Å². The average molecular weight is 269 g/mol. The third-order valence-corrected chi connectivity index (χ3v) is 4.76. The average Bonchev–Trinajstić information content (AvgIpc) is 2.80. The first-order chi connectivity index (χ1) is 8.77. The highest BCUT2D eigenvalue weighted by molar-refractivity contribution is 7.99. The van der Waals surface area contributed by atoms with Crippen LogP contribution in [0.1, 0.15) is 19.3 Å². The molecule has 0 N–H and O–H groups in total. The van der Waals surface area contributed by atoms with E-state index >= 15 is 0 Å². The molecule has 5 heteroatoms. The normalized spacial score (nSPS) is 31.7. The van der Waals surface area contributed by atoms with E-state index in [2.05, 4.69) is 4.98 Å². The van der Waals surface area contributed by atoms with Crippen LogP contribution in [0.15, 0.2) is 18.3 Å². The fourth-order valence-corrected chi connectivity index (χ4v) is 3.96. The highest BCUT2D eigenvalue weighted by atomic mass is 32.2. The van der Waals surface area contributed by atoms with Gasteiger partial charge in [-0.2, -0.15) is 16.2 Å². The van der Waals surface area contributed by atoms with Crippen LogP contribution in [0.25, 0.3) is 0 Å². The lowest BCUT2D eigenvalue weighted by atomic mass is 9.91. The summed E-state index contributed by atoms with van der Waals surface area (Å²) in [7, 11) is 0. The van der Waals surface area contributed by atoms with E-state index in [0.29, 0.717) is 6.61 Å². The van der Waals surface area contributed by atoms with Crippen molar-refractivity contribution in [3.05, 3.63) is 24.3 Å². The molecule has 2 unspecified atom stereocenters. The standard InChI is InChI=1S/C13H16FNO2S/c14-12-11(2-1-5-15-12)17-10-3-6-16-13(8-10)4-7-18-9-13/h1-2,5,10H,3-4,6-9H2. The number of hydrogen-bond acceptors (Lipinski definition) is 4. The summed E-state index contributed by atoms with van der Waals surface area (Å²) in [4.78, 5) is 3.61. The Balaban J connectivity index is 1.68. The van der Waals surface area contributed by atoms with Crippen LogP contribution in [-0.2, 0) is 4.74 Å². The predicted octanol–water partition coefficient (Wildman–Crippen LogP) is 2.65. The molecule has 2 fully saturated rings. The number of rotatable bonds is 2. The van der Waals surface area contributed by atoms with Gasteiger partial charge in [-0.25, -0.2) is 4.98 Å². The van der Waals surface area contributed by atoms with E-state index in [0.717, 1.165) is 30.8 Å². The van der Waals surface area contributed by atoms with Gasteiger partial charge in [0.1, 0.15) is 6.10 Å². The molecule has 2 saturated heterocycles. The van der Waals surface area contributed by atoms with Crippen molar-refractivity contribution < 1.29 is 13.9 Å². The number of ether oxygens (including phenoxy) is 2. The second-order valence-electron chi connectivity index (χ2n) is 4.86. The lowest BCUT2D eigenvalue weighted by Crippen LogP contribution is -2.43. The van der Waals surface area contributed by atoms with Gasteiger partial charge in [0.25, 0.3) is 5.95 Å². The lowest BCUT2D eigenvalue weighted by Gasteiger charge is -2.37. The molecule has 98 valence electrons. The topological polar surface area (TPSA) is 31.4 Å². The van der Waals surface area contributed by atoms with E-state index in [1.54, 1.807) is 12.1 Å². The van der Waals surface area contributed by atoms with Gasteiger partial charge in [0.2, 0.25) is 0 Å². The van der Waals surface area contributed by atoms with E-state index in [1.807, 2.05) is 11.8 Å². The maximum Gasteiger partial charge on any atom is 0.255 e. The third kappa shape index (κ3) is 2.47. The molecule has 18 heavy (non-hydrogen) atoms. The molecule has 0 aliphatic carbocycles. The van der Waals surface area contributed by atoms with Crippen LogP contribution in [0.2, 0.25) is 0 Å². The Morgan fingerprint density at radius 2 is 2.50 bits per heavy atom. The van der Waals surface area contributed by atoms with Crippen LogP contribution >= 0.6 is 11.8 Å². The smallest absolute Gasteiger partial charge is 0.255 e. The zero-order valence-corrected chi connectivity index (χ0v) is 10.9. The van der Waals surface area contributed by atoms with Gasteiger partial charge in [-0.15, -0.1) is 0 Å². The molecule has 1 spiro atoms. The molecule has 1 aromatic heterocycles. The van der Waals surface area contributed by atoms with E-state index in [4.69, 9.17) is 9.47 Å². The van der Waals surface area contributed by atoms with Gasteiger partial charge < -0.3 is 9.47 Å². The van der Waals surface area contributed by atoms with Crippen molar-refractivity contribution in [3.8, 4) is 5.75 Å². The van der Waals surface area contributed by atoms with E-state index in [1.165, 1.54) is 6.20 Å².